The molecule has 0 amide bonds. The van der Waals surface area contributed by atoms with Crippen LogP contribution in [0.4, 0.5) is 0 Å². The van der Waals surface area contributed by atoms with Crippen LogP contribution in [0.3, 0.4) is 0 Å². The van der Waals surface area contributed by atoms with Crippen molar-refractivity contribution in [3.8, 4) is 0 Å². The standard InChI is InChI=1S/C30H48O2/c1-26(2)21-10-8-19-18-28(5)15-12-22-27(3,4)25(32)14-17-30(22,7)23(28)11-9-20(19)29(21,6)16-13-24(26)31/h8,20-23,25,32H,9-18H2,1-7H3/t20-,21-,22-,23-,25-,28-,29+,30-/m0/s1. The maximum atomic E-state index is 12.8. The second-order valence-corrected chi connectivity index (χ2v) is 14.7. The van der Waals surface area contributed by atoms with Gasteiger partial charge in [-0.2, -0.15) is 0 Å². The number of aliphatic hydroxyl groups is 1. The molecule has 0 bridgehead atoms. The monoisotopic (exact) mass is 440 g/mol. The number of aliphatic hydroxyl groups excluding tert-OH is 1. The first kappa shape index (κ1) is 23.1. The van der Waals surface area contributed by atoms with E-state index in [0.717, 1.165) is 31.6 Å². The van der Waals surface area contributed by atoms with E-state index >= 15 is 0 Å². The summed E-state index contributed by atoms with van der Waals surface area (Å²) < 4.78 is 0. The first-order valence-corrected chi connectivity index (χ1v) is 13.7. The number of rotatable bonds is 0. The Balaban J connectivity index is 1.51. The van der Waals surface area contributed by atoms with Crippen LogP contribution < -0.4 is 0 Å². The van der Waals surface area contributed by atoms with Gasteiger partial charge in [0.2, 0.25) is 0 Å². The molecule has 0 radical (unpaired) electrons. The molecule has 0 aromatic heterocycles. The van der Waals surface area contributed by atoms with E-state index in [4.69, 9.17) is 0 Å². The highest BCUT2D eigenvalue weighted by atomic mass is 16.3. The second-order valence-electron chi connectivity index (χ2n) is 14.7. The number of hydrogen-bond acceptors (Lipinski definition) is 2. The van der Waals surface area contributed by atoms with Crippen molar-refractivity contribution in [1.29, 1.82) is 0 Å². The first-order valence-electron chi connectivity index (χ1n) is 13.7. The quantitative estimate of drug-likeness (QED) is 0.400. The minimum atomic E-state index is -0.182. The van der Waals surface area contributed by atoms with Crippen LogP contribution in [0, 0.1) is 50.7 Å². The molecule has 8 atom stereocenters. The molecule has 0 spiro atoms. The van der Waals surface area contributed by atoms with Crippen LogP contribution in [0.1, 0.15) is 113 Å². The van der Waals surface area contributed by atoms with Crippen LogP contribution >= 0.6 is 0 Å². The van der Waals surface area contributed by atoms with Gasteiger partial charge in [0, 0.05) is 11.8 Å². The predicted octanol–water partition coefficient (Wildman–Crippen LogP) is 7.35. The number of ketones is 1. The minimum Gasteiger partial charge on any atom is -0.393 e. The van der Waals surface area contributed by atoms with Crippen LogP contribution in [0.25, 0.3) is 0 Å². The zero-order chi connectivity index (χ0) is 23.3. The largest absolute Gasteiger partial charge is 0.393 e. The highest BCUT2D eigenvalue weighted by Crippen LogP contribution is 2.70. The Hall–Kier alpha value is -0.630. The van der Waals surface area contributed by atoms with E-state index in [9.17, 15) is 9.90 Å². The van der Waals surface area contributed by atoms with E-state index < -0.39 is 0 Å². The van der Waals surface area contributed by atoms with Crippen molar-refractivity contribution < 1.29 is 9.90 Å². The molecule has 0 aliphatic heterocycles. The Bertz CT molecular complexity index is 836. The summed E-state index contributed by atoms with van der Waals surface area (Å²) in [5, 5.41) is 10.9. The molecule has 32 heavy (non-hydrogen) atoms. The van der Waals surface area contributed by atoms with Gasteiger partial charge < -0.3 is 5.11 Å². The third-order valence-electron chi connectivity index (χ3n) is 12.6. The lowest BCUT2D eigenvalue weighted by Crippen LogP contribution is -2.58. The van der Waals surface area contributed by atoms with Crippen molar-refractivity contribution in [2.45, 2.75) is 119 Å². The van der Waals surface area contributed by atoms with E-state index in [1.807, 2.05) is 0 Å². The van der Waals surface area contributed by atoms with E-state index in [1.165, 1.54) is 38.5 Å². The highest BCUT2D eigenvalue weighted by molar-refractivity contribution is 5.85. The summed E-state index contributed by atoms with van der Waals surface area (Å²) in [4.78, 5) is 12.8. The first-order chi connectivity index (χ1) is 14.8. The van der Waals surface area contributed by atoms with E-state index in [1.54, 1.807) is 5.57 Å². The molecule has 0 aromatic rings. The molecule has 4 fully saturated rings. The summed E-state index contributed by atoms with van der Waals surface area (Å²) in [5.41, 5.74) is 2.58. The van der Waals surface area contributed by atoms with Crippen molar-refractivity contribution in [3.05, 3.63) is 11.6 Å². The Morgan fingerprint density at radius 1 is 0.812 bits per heavy atom. The van der Waals surface area contributed by atoms with Crippen LogP contribution in [-0.4, -0.2) is 17.0 Å². The van der Waals surface area contributed by atoms with Gasteiger partial charge in [0.25, 0.3) is 0 Å². The molecule has 1 N–H and O–H groups in total. The van der Waals surface area contributed by atoms with Crippen LogP contribution in [-0.2, 0) is 4.79 Å². The van der Waals surface area contributed by atoms with Gasteiger partial charge in [-0.25, -0.2) is 0 Å². The molecule has 2 nitrogen and oxygen atoms in total. The van der Waals surface area contributed by atoms with Crippen molar-refractivity contribution in [1.82, 2.24) is 0 Å². The van der Waals surface area contributed by atoms with Crippen molar-refractivity contribution in [2.24, 2.45) is 50.7 Å². The van der Waals surface area contributed by atoms with Gasteiger partial charge in [-0.3, -0.25) is 4.79 Å². The van der Waals surface area contributed by atoms with Gasteiger partial charge >= 0.3 is 0 Å². The molecular weight excluding hydrogens is 392 g/mol. The number of allylic oxidation sites excluding steroid dienone is 2. The van der Waals surface area contributed by atoms with Gasteiger partial charge in [-0.05, 0) is 103 Å². The van der Waals surface area contributed by atoms with Crippen LogP contribution in [0.5, 0.6) is 0 Å². The summed E-state index contributed by atoms with van der Waals surface area (Å²) in [6.45, 7) is 16.9. The van der Waals surface area contributed by atoms with Gasteiger partial charge in [0.1, 0.15) is 5.78 Å². The zero-order valence-electron chi connectivity index (χ0n) is 21.9. The molecule has 4 saturated carbocycles. The summed E-state index contributed by atoms with van der Waals surface area (Å²) >= 11 is 0. The topological polar surface area (TPSA) is 37.3 Å². The van der Waals surface area contributed by atoms with Crippen LogP contribution in [0.15, 0.2) is 11.6 Å². The summed E-state index contributed by atoms with van der Waals surface area (Å²) in [6.07, 6.45) is 14.0. The molecular formula is C30H48O2. The number of fused-ring (bicyclic) bond motifs is 6. The maximum Gasteiger partial charge on any atom is 0.138 e. The normalized spacial score (nSPS) is 51.9. The fraction of sp³-hybridized carbons (Fsp3) is 0.900. The number of carbonyl (C=O) groups excluding carboxylic acids is 1. The average Bonchev–Trinajstić information content (AvgIpc) is 2.86. The smallest absolute Gasteiger partial charge is 0.138 e. The molecule has 5 aliphatic rings. The fourth-order valence-corrected chi connectivity index (χ4v) is 10.8. The maximum absolute atomic E-state index is 12.8. The number of hydrogen-bond donors (Lipinski definition) is 1. The number of carbonyl (C=O) groups is 1. The molecule has 5 aliphatic carbocycles. The third-order valence-corrected chi connectivity index (χ3v) is 12.6. The summed E-state index contributed by atoms with van der Waals surface area (Å²) in [5.74, 6) is 3.00. The number of Topliss-reactive ketones (excluding diaryl/α,β-unsaturated/α-hetero) is 1. The zero-order valence-corrected chi connectivity index (χ0v) is 21.9. The van der Waals surface area contributed by atoms with Crippen LogP contribution in [0.2, 0.25) is 0 Å². The second kappa shape index (κ2) is 6.96. The molecule has 0 saturated heterocycles. The molecule has 2 heteroatoms. The van der Waals surface area contributed by atoms with E-state index in [2.05, 4.69) is 54.5 Å². The lowest BCUT2D eigenvalue weighted by Gasteiger charge is -2.63. The Morgan fingerprint density at radius 3 is 2.25 bits per heavy atom. The molecule has 0 heterocycles. The van der Waals surface area contributed by atoms with Gasteiger partial charge in [-0.15, -0.1) is 0 Å². The van der Waals surface area contributed by atoms with Crippen molar-refractivity contribution in [2.75, 3.05) is 0 Å². The van der Waals surface area contributed by atoms with E-state index in [-0.39, 0.29) is 22.3 Å². The average molecular weight is 441 g/mol. The lowest BCUT2D eigenvalue weighted by molar-refractivity contribution is -0.170. The predicted molar refractivity (Wildman–Crippen MR) is 131 cm³/mol. The Morgan fingerprint density at radius 2 is 1.53 bits per heavy atom. The SMILES string of the molecule is CC1(C)C(=O)CC[C@]2(C)[C@H]3CC[C@H]4[C@@](C)(CC[C@H]5C(C)(C)[C@@H](O)CC[C@@]54C)CC3=CC[C@@H]12. The highest BCUT2D eigenvalue weighted by Gasteiger charge is 2.63. The summed E-state index contributed by atoms with van der Waals surface area (Å²) in [6, 6.07) is 0. The molecule has 0 aromatic carbocycles. The van der Waals surface area contributed by atoms with Crippen molar-refractivity contribution in [3.63, 3.8) is 0 Å². The Labute approximate surface area is 197 Å². The van der Waals surface area contributed by atoms with Gasteiger partial charge in [-0.1, -0.05) is 60.1 Å². The van der Waals surface area contributed by atoms with Gasteiger partial charge in [0.15, 0.2) is 0 Å². The van der Waals surface area contributed by atoms with Crippen molar-refractivity contribution >= 4 is 5.78 Å². The fourth-order valence-electron chi connectivity index (χ4n) is 10.8. The molecule has 180 valence electrons. The Kier molecular flexibility index (Phi) is 5.03. The molecule has 0 unspecified atom stereocenters. The third kappa shape index (κ3) is 2.89. The lowest BCUT2D eigenvalue weighted by atomic mass is 9.42. The minimum absolute atomic E-state index is 0.0253. The van der Waals surface area contributed by atoms with Gasteiger partial charge in [0.05, 0.1) is 6.10 Å². The molecule has 5 rings (SSSR count). The van der Waals surface area contributed by atoms with E-state index in [0.29, 0.717) is 34.4 Å². The summed E-state index contributed by atoms with van der Waals surface area (Å²) in [7, 11) is 0.